The van der Waals surface area contributed by atoms with Gasteiger partial charge in [-0.05, 0) is 32.1 Å². The van der Waals surface area contributed by atoms with E-state index in [4.69, 9.17) is 5.11 Å². The molecule has 1 fully saturated rings. The summed E-state index contributed by atoms with van der Waals surface area (Å²) in [4.78, 5) is 14.1. The Morgan fingerprint density at radius 2 is 2.00 bits per heavy atom. The average Bonchev–Trinajstić information content (AvgIpc) is 2.90. The van der Waals surface area contributed by atoms with E-state index in [9.17, 15) is 4.79 Å². The standard InChI is InChI=1S/C13H21N3O2/c17-9-5-1-2-8-16-13(18)10-12(11-14-16)15-6-3-4-7-15/h10-11,17H,1-9H2. The maximum atomic E-state index is 11.9. The smallest absolute Gasteiger partial charge is 0.268 e. The molecule has 5 nitrogen and oxygen atoms in total. The SMILES string of the molecule is O=c1cc(N2CCCC2)cnn1CCCCCO. The van der Waals surface area contributed by atoms with Crippen LogP contribution >= 0.6 is 0 Å². The molecule has 0 amide bonds. The number of anilines is 1. The van der Waals surface area contributed by atoms with E-state index in [0.29, 0.717) is 6.54 Å². The van der Waals surface area contributed by atoms with Gasteiger partial charge in [-0.3, -0.25) is 4.79 Å². The summed E-state index contributed by atoms with van der Waals surface area (Å²) in [5.74, 6) is 0. The van der Waals surface area contributed by atoms with Crippen molar-refractivity contribution in [3.8, 4) is 0 Å². The first-order valence-corrected chi connectivity index (χ1v) is 6.74. The zero-order valence-corrected chi connectivity index (χ0v) is 10.7. The van der Waals surface area contributed by atoms with E-state index in [1.165, 1.54) is 17.5 Å². The number of rotatable bonds is 6. The Morgan fingerprint density at radius 3 is 2.67 bits per heavy atom. The van der Waals surface area contributed by atoms with Crippen molar-refractivity contribution in [1.29, 1.82) is 0 Å². The molecule has 100 valence electrons. The maximum absolute atomic E-state index is 11.9. The molecule has 2 rings (SSSR count). The lowest BCUT2D eigenvalue weighted by atomic mass is 10.2. The number of aliphatic hydroxyl groups excluding tert-OH is 1. The van der Waals surface area contributed by atoms with Gasteiger partial charge in [0.05, 0.1) is 11.9 Å². The summed E-state index contributed by atoms with van der Waals surface area (Å²) in [6.45, 7) is 2.92. The van der Waals surface area contributed by atoms with Crippen LogP contribution in [0.4, 0.5) is 5.69 Å². The zero-order chi connectivity index (χ0) is 12.8. The summed E-state index contributed by atoms with van der Waals surface area (Å²) in [6, 6.07) is 1.68. The molecule has 1 N–H and O–H groups in total. The highest BCUT2D eigenvalue weighted by Gasteiger charge is 2.13. The summed E-state index contributed by atoms with van der Waals surface area (Å²) in [7, 11) is 0. The normalized spacial score (nSPS) is 15.3. The van der Waals surface area contributed by atoms with E-state index in [1.807, 2.05) is 0 Å². The second-order valence-electron chi connectivity index (χ2n) is 4.75. The molecule has 0 aliphatic carbocycles. The molecule has 0 atom stereocenters. The molecule has 1 aromatic rings. The summed E-state index contributed by atoms with van der Waals surface area (Å²) in [5.41, 5.74) is 0.924. The van der Waals surface area contributed by atoms with Gasteiger partial charge in [-0.1, -0.05) is 0 Å². The summed E-state index contributed by atoms with van der Waals surface area (Å²) in [6.07, 6.45) is 6.79. The molecule has 0 saturated carbocycles. The Labute approximate surface area is 107 Å². The van der Waals surface area contributed by atoms with Gasteiger partial charge in [0.1, 0.15) is 0 Å². The van der Waals surface area contributed by atoms with Crippen LogP contribution in [0.5, 0.6) is 0 Å². The van der Waals surface area contributed by atoms with Gasteiger partial charge in [0, 0.05) is 32.3 Å². The van der Waals surface area contributed by atoms with Crippen molar-refractivity contribution >= 4 is 5.69 Å². The van der Waals surface area contributed by atoms with Crippen LogP contribution in [-0.2, 0) is 6.54 Å². The van der Waals surface area contributed by atoms with Gasteiger partial charge < -0.3 is 10.0 Å². The van der Waals surface area contributed by atoms with E-state index in [1.54, 1.807) is 12.3 Å². The number of aliphatic hydroxyl groups is 1. The first-order valence-electron chi connectivity index (χ1n) is 6.74. The van der Waals surface area contributed by atoms with Gasteiger partial charge in [0.15, 0.2) is 0 Å². The molecule has 1 aliphatic heterocycles. The first kappa shape index (κ1) is 13.1. The molecular weight excluding hydrogens is 230 g/mol. The van der Waals surface area contributed by atoms with Crippen LogP contribution in [0.2, 0.25) is 0 Å². The monoisotopic (exact) mass is 251 g/mol. The molecule has 0 bridgehead atoms. The van der Waals surface area contributed by atoms with Crippen LogP contribution in [0.3, 0.4) is 0 Å². The van der Waals surface area contributed by atoms with Crippen molar-refractivity contribution in [3.05, 3.63) is 22.6 Å². The number of aromatic nitrogens is 2. The fraction of sp³-hybridized carbons (Fsp3) is 0.692. The number of nitrogens with zero attached hydrogens (tertiary/aromatic N) is 3. The molecule has 1 aromatic heterocycles. The number of hydrogen-bond donors (Lipinski definition) is 1. The predicted octanol–water partition coefficient (Wildman–Crippen LogP) is 1.01. The topological polar surface area (TPSA) is 58.4 Å². The van der Waals surface area contributed by atoms with Gasteiger partial charge in [-0.15, -0.1) is 0 Å². The Balaban J connectivity index is 1.94. The molecule has 0 radical (unpaired) electrons. The van der Waals surface area contributed by atoms with Crippen LogP contribution in [-0.4, -0.2) is 34.6 Å². The van der Waals surface area contributed by atoms with E-state index in [2.05, 4.69) is 10.00 Å². The van der Waals surface area contributed by atoms with Crippen LogP contribution in [0, 0.1) is 0 Å². The maximum Gasteiger partial charge on any atom is 0.268 e. The molecule has 0 spiro atoms. The Bertz CT molecular complexity index is 424. The number of aryl methyl sites for hydroxylation is 1. The molecule has 0 unspecified atom stereocenters. The lowest BCUT2D eigenvalue weighted by Gasteiger charge is -2.17. The number of unbranched alkanes of at least 4 members (excludes halogenated alkanes) is 2. The highest BCUT2D eigenvalue weighted by molar-refractivity contribution is 5.43. The highest BCUT2D eigenvalue weighted by Crippen LogP contribution is 2.16. The van der Waals surface area contributed by atoms with Crippen LogP contribution < -0.4 is 10.5 Å². The van der Waals surface area contributed by atoms with E-state index in [-0.39, 0.29) is 12.2 Å². The highest BCUT2D eigenvalue weighted by atomic mass is 16.2. The lowest BCUT2D eigenvalue weighted by Crippen LogP contribution is -2.26. The fourth-order valence-corrected chi connectivity index (χ4v) is 2.29. The molecular formula is C13H21N3O2. The molecule has 18 heavy (non-hydrogen) atoms. The van der Waals surface area contributed by atoms with Crippen molar-refractivity contribution in [2.24, 2.45) is 0 Å². The van der Waals surface area contributed by atoms with Gasteiger partial charge in [0.2, 0.25) is 0 Å². The second-order valence-corrected chi connectivity index (χ2v) is 4.75. The molecule has 2 heterocycles. The van der Waals surface area contributed by atoms with Crippen molar-refractivity contribution in [2.45, 2.75) is 38.6 Å². The minimum absolute atomic E-state index is 0.0246. The molecule has 1 aliphatic rings. The van der Waals surface area contributed by atoms with Gasteiger partial charge in [0.25, 0.3) is 5.56 Å². The largest absolute Gasteiger partial charge is 0.396 e. The van der Waals surface area contributed by atoms with Crippen LogP contribution in [0.25, 0.3) is 0 Å². The summed E-state index contributed by atoms with van der Waals surface area (Å²) >= 11 is 0. The van der Waals surface area contributed by atoms with Crippen molar-refractivity contribution in [3.63, 3.8) is 0 Å². The Morgan fingerprint density at radius 1 is 1.22 bits per heavy atom. The van der Waals surface area contributed by atoms with E-state index >= 15 is 0 Å². The van der Waals surface area contributed by atoms with E-state index in [0.717, 1.165) is 38.0 Å². The van der Waals surface area contributed by atoms with Gasteiger partial charge in [-0.25, -0.2) is 4.68 Å². The third-order valence-electron chi connectivity index (χ3n) is 3.35. The summed E-state index contributed by atoms with van der Waals surface area (Å²) in [5, 5.41) is 12.9. The third-order valence-corrected chi connectivity index (χ3v) is 3.35. The summed E-state index contributed by atoms with van der Waals surface area (Å²) < 4.78 is 1.51. The van der Waals surface area contributed by atoms with Crippen molar-refractivity contribution in [1.82, 2.24) is 9.78 Å². The molecule has 0 aromatic carbocycles. The van der Waals surface area contributed by atoms with E-state index < -0.39 is 0 Å². The molecule has 1 saturated heterocycles. The predicted molar refractivity (Wildman–Crippen MR) is 70.9 cm³/mol. The lowest BCUT2D eigenvalue weighted by molar-refractivity contribution is 0.281. The fourth-order valence-electron chi connectivity index (χ4n) is 2.29. The molecule has 5 heteroatoms. The Hall–Kier alpha value is -1.36. The number of hydrogen-bond acceptors (Lipinski definition) is 4. The Kier molecular flexibility index (Phi) is 4.75. The zero-order valence-electron chi connectivity index (χ0n) is 10.7. The second kappa shape index (κ2) is 6.54. The van der Waals surface area contributed by atoms with Gasteiger partial charge >= 0.3 is 0 Å². The average molecular weight is 251 g/mol. The minimum Gasteiger partial charge on any atom is -0.396 e. The van der Waals surface area contributed by atoms with Crippen LogP contribution in [0.1, 0.15) is 32.1 Å². The van der Waals surface area contributed by atoms with Crippen molar-refractivity contribution < 1.29 is 5.11 Å². The van der Waals surface area contributed by atoms with Gasteiger partial charge in [-0.2, -0.15) is 5.10 Å². The van der Waals surface area contributed by atoms with Crippen molar-refractivity contribution in [2.75, 3.05) is 24.6 Å². The van der Waals surface area contributed by atoms with Crippen LogP contribution in [0.15, 0.2) is 17.1 Å². The quantitative estimate of drug-likeness (QED) is 0.766. The minimum atomic E-state index is -0.0246. The first-order chi connectivity index (χ1) is 8.81. The third kappa shape index (κ3) is 3.32.